The standard InChI is InChI=1S/C19H20ClF2NO3S/c1-12(14-4-3-5-15(20)9-14)23-18(24)11-27-10-13-6-7-16(26-19(21)22)17(8-13)25-2/h3-9,12,19H,10-11H2,1-2H3,(H,23,24)/t12-/m1/s1. The van der Waals surface area contributed by atoms with Crippen LogP contribution in [0, 0.1) is 0 Å². The van der Waals surface area contributed by atoms with Gasteiger partial charge in [-0.15, -0.1) is 11.8 Å². The van der Waals surface area contributed by atoms with E-state index < -0.39 is 6.61 Å². The monoisotopic (exact) mass is 415 g/mol. The molecule has 0 saturated heterocycles. The molecule has 0 aliphatic heterocycles. The van der Waals surface area contributed by atoms with Crippen LogP contribution >= 0.6 is 23.4 Å². The number of carbonyl (C=O) groups is 1. The fourth-order valence-electron chi connectivity index (χ4n) is 2.40. The van der Waals surface area contributed by atoms with Crippen LogP contribution in [0.4, 0.5) is 8.78 Å². The summed E-state index contributed by atoms with van der Waals surface area (Å²) in [5.74, 6) is 0.908. The van der Waals surface area contributed by atoms with Crippen LogP contribution in [0.1, 0.15) is 24.1 Å². The van der Waals surface area contributed by atoms with Crippen molar-refractivity contribution >= 4 is 29.3 Å². The Morgan fingerprint density at radius 2 is 2.00 bits per heavy atom. The Bertz CT molecular complexity index is 776. The Balaban J connectivity index is 1.84. The highest BCUT2D eigenvalue weighted by Crippen LogP contribution is 2.30. The van der Waals surface area contributed by atoms with Gasteiger partial charge in [0.2, 0.25) is 5.91 Å². The van der Waals surface area contributed by atoms with Gasteiger partial charge in [0.15, 0.2) is 11.5 Å². The lowest BCUT2D eigenvalue weighted by atomic mass is 10.1. The summed E-state index contributed by atoms with van der Waals surface area (Å²) in [7, 11) is 1.38. The number of hydrogen-bond acceptors (Lipinski definition) is 4. The predicted octanol–water partition coefficient (Wildman–Crippen LogP) is 5.06. The number of carbonyl (C=O) groups excluding carboxylic acids is 1. The van der Waals surface area contributed by atoms with Gasteiger partial charge in [-0.05, 0) is 42.3 Å². The Hall–Kier alpha value is -1.99. The SMILES string of the molecule is COc1cc(CSCC(=O)N[C@H](C)c2cccc(Cl)c2)ccc1OC(F)F. The largest absolute Gasteiger partial charge is 0.493 e. The van der Waals surface area contributed by atoms with Crippen molar-refractivity contribution in [2.75, 3.05) is 12.9 Å². The van der Waals surface area contributed by atoms with Crippen LogP contribution in [0.5, 0.6) is 11.5 Å². The molecule has 2 aromatic carbocycles. The molecule has 2 rings (SSSR count). The van der Waals surface area contributed by atoms with Crippen molar-refractivity contribution in [3.63, 3.8) is 0 Å². The van der Waals surface area contributed by atoms with Gasteiger partial charge < -0.3 is 14.8 Å². The molecule has 0 spiro atoms. The highest BCUT2D eigenvalue weighted by atomic mass is 35.5. The van der Waals surface area contributed by atoms with Crippen LogP contribution in [-0.4, -0.2) is 25.4 Å². The smallest absolute Gasteiger partial charge is 0.387 e. The first-order valence-electron chi connectivity index (χ1n) is 8.13. The first kappa shape index (κ1) is 21.3. The van der Waals surface area contributed by atoms with E-state index in [9.17, 15) is 13.6 Å². The first-order valence-corrected chi connectivity index (χ1v) is 9.66. The lowest BCUT2D eigenvalue weighted by Gasteiger charge is -2.15. The molecule has 0 unspecified atom stereocenters. The number of methoxy groups -OCH3 is 1. The number of benzene rings is 2. The van der Waals surface area contributed by atoms with E-state index in [1.54, 1.807) is 18.2 Å². The minimum Gasteiger partial charge on any atom is -0.493 e. The lowest BCUT2D eigenvalue weighted by Crippen LogP contribution is -2.28. The van der Waals surface area contributed by atoms with Crippen LogP contribution < -0.4 is 14.8 Å². The number of ether oxygens (including phenoxy) is 2. The van der Waals surface area contributed by atoms with Crippen molar-refractivity contribution in [3.8, 4) is 11.5 Å². The lowest BCUT2D eigenvalue weighted by molar-refractivity contribution is -0.119. The van der Waals surface area contributed by atoms with Gasteiger partial charge >= 0.3 is 6.61 Å². The Kier molecular flexibility index (Phi) is 8.19. The van der Waals surface area contributed by atoms with Gasteiger partial charge in [-0.1, -0.05) is 29.8 Å². The third-order valence-corrected chi connectivity index (χ3v) is 4.91. The third kappa shape index (κ3) is 6.92. The van der Waals surface area contributed by atoms with Crippen molar-refractivity contribution in [3.05, 3.63) is 58.6 Å². The molecule has 0 heterocycles. The summed E-state index contributed by atoms with van der Waals surface area (Å²) in [4.78, 5) is 12.1. The summed E-state index contributed by atoms with van der Waals surface area (Å²) in [5.41, 5.74) is 1.77. The number of amides is 1. The summed E-state index contributed by atoms with van der Waals surface area (Å²) in [5, 5.41) is 3.54. The van der Waals surface area contributed by atoms with Gasteiger partial charge in [-0.2, -0.15) is 8.78 Å². The average molecular weight is 416 g/mol. The van der Waals surface area contributed by atoms with Gasteiger partial charge in [0.25, 0.3) is 0 Å². The summed E-state index contributed by atoms with van der Waals surface area (Å²) in [6, 6.07) is 11.9. The number of nitrogens with one attached hydrogen (secondary N) is 1. The summed E-state index contributed by atoms with van der Waals surface area (Å²) in [6.45, 7) is -1.02. The van der Waals surface area contributed by atoms with E-state index in [4.69, 9.17) is 16.3 Å². The molecule has 0 aromatic heterocycles. The fraction of sp³-hybridized carbons (Fsp3) is 0.316. The molecular weight excluding hydrogens is 396 g/mol. The van der Waals surface area contributed by atoms with E-state index in [2.05, 4.69) is 10.1 Å². The zero-order valence-electron chi connectivity index (χ0n) is 14.9. The quantitative estimate of drug-likeness (QED) is 0.621. The van der Waals surface area contributed by atoms with E-state index in [0.29, 0.717) is 10.8 Å². The molecule has 4 nitrogen and oxygen atoms in total. The Labute approximate surface area is 166 Å². The van der Waals surface area contributed by atoms with Crippen molar-refractivity contribution in [2.24, 2.45) is 0 Å². The van der Waals surface area contributed by atoms with Gasteiger partial charge in [0, 0.05) is 10.8 Å². The van der Waals surface area contributed by atoms with Crippen molar-refractivity contribution in [1.82, 2.24) is 5.32 Å². The number of alkyl halides is 2. The molecule has 1 atom stereocenters. The average Bonchev–Trinajstić information content (AvgIpc) is 2.62. The molecule has 0 radical (unpaired) electrons. The van der Waals surface area contributed by atoms with E-state index in [0.717, 1.165) is 11.1 Å². The zero-order valence-corrected chi connectivity index (χ0v) is 16.4. The van der Waals surface area contributed by atoms with Gasteiger partial charge in [0.05, 0.1) is 18.9 Å². The molecule has 0 aliphatic rings. The van der Waals surface area contributed by atoms with E-state index in [1.807, 2.05) is 25.1 Å². The molecule has 8 heteroatoms. The normalized spacial score (nSPS) is 11.9. The van der Waals surface area contributed by atoms with Crippen LogP contribution in [0.15, 0.2) is 42.5 Å². The first-order chi connectivity index (χ1) is 12.9. The number of thioether (sulfide) groups is 1. The maximum absolute atomic E-state index is 12.3. The van der Waals surface area contributed by atoms with Crippen molar-refractivity contribution in [2.45, 2.75) is 25.3 Å². The molecular formula is C19H20ClF2NO3S. The topological polar surface area (TPSA) is 47.6 Å². The summed E-state index contributed by atoms with van der Waals surface area (Å²) >= 11 is 7.37. The molecule has 0 aliphatic carbocycles. The van der Waals surface area contributed by atoms with Crippen molar-refractivity contribution < 1.29 is 23.0 Å². The molecule has 1 N–H and O–H groups in total. The molecule has 146 valence electrons. The molecule has 0 fully saturated rings. The Morgan fingerprint density at radius 3 is 2.67 bits per heavy atom. The maximum atomic E-state index is 12.3. The minimum atomic E-state index is -2.91. The molecule has 27 heavy (non-hydrogen) atoms. The summed E-state index contributed by atoms with van der Waals surface area (Å²) in [6.07, 6.45) is 0. The minimum absolute atomic E-state index is 0.0191. The second-order valence-electron chi connectivity index (χ2n) is 5.70. The van der Waals surface area contributed by atoms with Gasteiger partial charge in [-0.25, -0.2) is 0 Å². The predicted molar refractivity (Wildman–Crippen MR) is 104 cm³/mol. The zero-order chi connectivity index (χ0) is 19.8. The highest BCUT2D eigenvalue weighted by molar-refractivity contribution is 7.99. The second-order valence-corrected chi connectivity index (χ2v) is 7.12. The maximum Gasteiger partial charge on any atom is 0.387 e. The van der Waals surface area contributed by atoms with Crippen LogP contribution in [-0.2, 0) is 10.5 Å². The van der Waals surface area contributed by atoms with E-state index in [1.165, 1.54) is 24.9 Å². The highest BCUT2D eigenvalue weighted by Gasteiger charge is 2.12. The Morgan fingerprint density at radius 1 is 1.22 bits per heavy atom. The van der Waals surface area contributed by atoms with Gasteiger partial charge in [0.1, 0.15) is 0 Å². The third-order valence-electron chi connectivity index (χ3n) is 3.67. The van der Waals surface area contributed by atoms with Crippen LogP contribution in [0.25, 0.3) is 0 Å². The van der Waals surface area contributed by atoms with Crippen LogP contribution in [0.3, 0.4) is 0 Å². The van der Waals surface area contributed by atoms with Gasteiger partial charge in [-0.3, -0.25) is 4.79 Å². The number of rotatable bonds is 9. The van der Waals surface area contributed by atoms with E-state index in [-0.39, 0.29) is 29.2 Å². The molecule has 2 aromatic rings. The fourth-order valence-corrected chi connectivity index (χ4v) is 3.38. The molecule has 0 saturated carbocycles. The number of hydrogen-bond donors (Lipinski definition) is 1. The van der Waals surface area contributed by atoms with Crippen LogP contribution in [0.2, 0.25) is 5.02 Å². The molecule has 1 amide bonds. The number of halogens is 3. The molecule has 0 bridgehead atoms. The van der Waals surface area contributed by atoms with E-state index >= 15 is 0 Å². The summed E-state index contributed by atoms with van der Waals surface area (Å²) < 4.78 is 34.1. The second kappa shape index (κ2) is 10.4. The van der Waals surface area contributed by atoms with Crippen molar-refractivity contribution in [1.29, 1.82) is 0 Å².